The normalized spacial score (nSPS) is 17.4. The SMILES string of the molecule is CCC1CCCCN1C(=O)CCN(c1cccc(C(=O)OC)c1)S(C)(=O)=O. The summed E-state index contributed by atoms with van der Waals surface area (Å²) in [4.78, 5) is 26.3. The molecule has 2 rings (SSSR count). The Bertz CT molecular complexity index is 778. The fraction of sp³-hybridized carbons (Fsp3) is 0.579. The van der Waals surface area contributed by atoms with Gasteiger partial charge in [0.15, 0.2) is 0 Å². The zero-order valence-electron chi connectivity index (χ0n) is 16.2. The first kappa shape index (κ1) is 21.2. The number of ether oxygens (including phenoxy) is 1. The van der Waals surface area contributed by atoms with Crippen molar-refractivity contribution in [2.75, 3.05) is 30.8 Å². The lowest BCUT2D eigenvalue weighted by Gasteiger charge is -2.36. The molecular formula is C19H28N2O5S. The average molecular weight is 397 g/mol. The Hall–Kier alpha value is -2.09. The zero-order chi connectivity index (χ0) is 20.0. The number of methoxy groups -OCH3 is 1. The van der Waals surface area contributed by atoms with Crippen LogP contribution in [0.1, 0.15) is 49.4 Å². The van der Waals surface area contributed by atoms with Gasteiger partial charge in [-0.15, -0.1) is 0 Å². The van der Waals surface area contributed by atoms with E-state index in [0.29, 0.717) is 5.69 Å². The second-order valence-corrected chi connectivity index (χ2v) is 8.68. The Balaban J connectivity index is 2.16. The molecule has 0 radical (unpaired) electrons. The molecule has 1 heterocycles. The number of nitrogens with zero attached hydrogens (tertiary/aromatic N) is 2. The van der Waals surface area contributed by atoms with Crippen LogP contribution in [0.2, 0.25) is 0 Å². The first-order valence-electron chi connectivity index (χ1n) is 9.23. The van der Waals surface area contributed by atoms with Gasteiger partial charge in [-0.25, -0.2) is 13.2 Å². The molecule has 1 aromatic carbocycles. The number of piperidine rings is 1. The van der Waals surface area contributed by atoms with Crippen molar-refractivity contribution in [3.8, 4) is 0 Å². The van der Waals surface area contributed by atoms with Crippen molar-refractivity contribution in [3.05, 3.63) is 29.8 Å². The molecule has 0 spiro atoms. The van der Waals surface area contributed by atoms with Crippen LogP contribution in [0.4, 0.5) is 5.69 Å². The maximum absolute atomic E-state index is 12.7. The fourth-order valence-corrected chi connectivity index (χ4v) is 4.41. The molecule has 0 aliphatic carbocycles. The highest BCUT2D eigenvalue weighted by Crippen LogP contribution is 2.23. The van der Waals surface area contributed by atoms with Crippen LogP contribution < -0.4 is 4.31 Å². The van der Waals surface area contributed by atoms with Crippen molar-refractivity contribution < 1.29 is 22.7 Å². The zero-order valence-corrected chi connectivity index (χ0v) is 17.0. The van der Waals surface area contributed by atoms with E-state index in [1.165, 1.54) is 17.5 Å². The van der Waals surface area contributed by atoms with Gasteiger partial charge >= 0.3 is 5.97 Å². The third-order valence-corrected chi connectivity index (χ3v) is 6.10. The van der Waals surface area contributed by atoms with Gasteiger partial charge in [0.05, 0.1) is 24.6 Å². The van der Waals surface area contributed by atoms with Gasteiger partial charge in [-0.2, -0.15) is 0 Å². The summed E-state index contributed by atoms with van der Waals surface area (Å²) < 4.78 is 30.4. The molecule has 1 atom stereocenters. The summed E-state index contributed by atoms with van der Waals surface area (Å²) in [7, 11) is -2.33. The molecule has 7 nitrogen and oxygen atoms in total. The van der Waals surface area contributed by atoms with E-state index in [-0.39, 0.29) is 30.5 Å². The molecule has 1 aliphatic heterocycles. The lowest BCUT2D eigenvalue weighted by atomic mass is 9.99. The van der Waals surface area contributed by atoms with Crippen molar-refractivity contribution in [3.63, 3.8) is 0 Å². The number of amides is 1. The summed E-state index contributed by atoms with van der Waals surface area (Å²) in [6.45, 7) is 2.83. The van der Waals surface area contributed by atoms with Crippen molar-refractivity contribution in [2.24, 2.45) is 0 Å². The molecule has 0 N–H and O–H groups in total. The molecule has 1 saturated heterocycles. The van der Waals surface area contributed by atoms with Gasteiger partial charge in [0, 0.05) is 25.6 Å². The van der Waals surface area contributed by atoms with Crippen molar-refractivity contribution in [1.29, 1.82) is 0 Å². The van der Waals surface area contributed by atoms with E-state index in [9.17, 15) is 18.0 Å². The van der Waals surface area contributed by atoms with Gasteiger partial charge in [0.25, 0.3) is 0 Å². The van der Waals surface area contributed by atoms with E-state index in [4.69, 9.17) is 4.74 Å². The monoisotopic (exact) mass is 396 g/mol. The molecule has 1 unspecified atom stereocenters. The molecule has 0 bridgehead atoms. The highest BCUT2D eigenvalue weighted by Gasteiger charge is 2.27. The Kier molecular flexibility index (Phi) is 7.24. The summed E-state index contributed by atoms with van der Waals surface area (Å²) >= 11 is 0. The van der Waals surface area contributed by atoms with Gasteiger partial charge in [0.2, 0.25) is 15.9 Å². The number of hydrogen-bond acceptors (Lipinski definition) is 5. The van der Waals surface area contributed by atoms with Gasteiger partial charge in [-0.3, -0.25) is 9.10 Å². The minimum absolute atomic E-state index is 0.0284. The van der Waals surface area contributed by atoms with Crippen LogP contribution >= 0.6 is 0 Å². The molecule has 150 valence electrons. The van der Waals surface area contributed by atoms with Crippen molar-refractivity contribution in [2.45, 2.75) is 45.1 Å². The fourth-order valence-electron chi connectivity index (χ4n) is 3.49. The molecule has 0 saturated carbocycles. The first-order valence-corrected chi connectivity index (χ1v) is 11.1. The lowest BCUT2D eigenvalue weighted by Crippen LogP contribution is -2.44. The smallest absolute Gasteiger partial charge is 0.337 e. The molecular weight excluding hydrogens is 368 g/mol. The maximum Gasteiger partial charge on any atom is 0.337 e. The molecule has 27 heavy (non-hydrogen) atoms. The quantitative estimate of drug-likeness (QED) is 0.661. The number of anilines is 1. The van der Waals surface area contributed by atoms with Crippen molar-refractivity contribution >= 4 is 27.6 Å². The predicted molar refractivity (Wildman–Crippen MR) is 104 cm³/mol. The van der Waals surface area contributed by atoms with E-state index in [1.807, 2.05) is 4.90 Å². The number of carbonyl (C=O) groups excluding carboxylic acids is 2. The molecule has 1 fully saturated rings. The number of likely N-dealkylation sites (tertiary alicyclic amines) is 1. The number of carbonyl (C=O) groups is 2. The van der Waals surface area contributed by atoms with Crippen LogP contribution in [0.25, 0.3) is 0 Å². The van der Waals surface area contributed by atoms with Crippen LogP contribution in [0.15, 0.2) is 24.3 Å². The van der Waals surface area contributed by atoms with Gasteiger partial charge in [-0.05, 0) is 43.9 Å². The average Bonchev–Trinajstić information content (AvgIpc) is 2.66. The van der Waals surface area contributed by atoms with E-state index in [1.54, 1.807) is 18.2 Å². The number of hydrogen-bond donors (Lipinski definition) is 0. The minimum Gasteiger partial charge on any atom is -0.465 e. The second-order valence-electron chi connectivity index (χ2n) is 6.77. The van der Waals surface area contributed by atoms with Crippen molar-refractivity contribution in [1.82, 2.24) is 4.90 Å². The number of sulfonamides is 1. The van der Waals surface area contributed by atoms with E-state index in [0.717, 1.165) is 38.5 Å². The van der Waals surface area contributed by atoms with Gasteiger partial charge in [0.1, 0.15) is 0 Å². The predicted octanol–water partition coefficient (Wildman–Crippen LogP) is 2.42. The van der Waals surface area contributed by atoms with Crippen LogP contribution in [-0.2, 0) is 19.6 Å². The van der Waals surface area contributed by atoms with E-state index in [2.05, 4.69) is 6.92 Å². The third kappa shape index (κ3) is 5.45. The number of rotatable bonds is 7. The van der Waals surface area contributed by atoms with E-state index < -0.39 is 16.0 Å². The summed E-state index contributed by atoms with van der Waals surface area (Å²) in [6.07, 6.45) is 5.21. The summed E-state index contributed by atoms with van der Waals surface area (Å²) in [5.41, 5.74) is 0.607. The number of benzene rings is 1. The Morgan fingerprint density at radius 2 is 2.04 bits per heavy atom. The minimum atomic E-state index is -3.60. The van der Waals surface area contributed by atoms with Gasteiger partial charge < -0.3 is 9.64 Å². The molecule has 1 aliphatic rings. The largest absolute Gasteiger partial charge is 0.465 e. The molecule has 1 amide bonds. The summed E-state index contributed by atoms with van der Waals surface area (Å²) in [5, 5.41) is 0. The molecule has 0 aromatic heterocycles. The Labute approximate surface area is 161 Å². The van der Waals surface area contributed by atoms with Crippen LogP contribution in [0, 0.1) is 0 Å². The molecule has 8 heteroatoms. The van der Waals surface area contributed by atoms with Crippen LogP contribution in [0.5, 0.6) is 0 Å². The Morgan fingerprint density at radius 1 is 1.30 bits per heavy atom. The first-order chi connectivity index (χ1) is 12.8. The highest BCUT2D eigenvalue weighted by atomic mass is 32.2. The van der Waals surface area contributed by atoms with Gasteiger partial charge in [-0.1, -0.05) is 13.0 Å². The Morgan fingerprint density at radius 3 is 2.67 bits per heavy atom. The molecule has 1 aromatic rings. The van der Waals surface area contributed by atoms with Crippen LogP contribution in [0.3, 0.4) is 0 Å². The maximum atomic E-state index is 12.7. The summed E-state index contributed by atoms with van der Waals surface area (Å²) in [6, 6.07) is 6.46. The highest BCUT2D eigenvalue weighted by molar-refractivity contribution is 7.92. The second kappa shape index (κ2) is 9.21. The standard InChI is InChI=1S/C19H28N2O5S/c1-4-16-9-5-6-12-20(16)18(22)11-13-21(27(3,24)25)17-10-7-8-15(14-17)19(23)26-2/h7-8,10,14,16H,4-6,9,11-13H2,1-3H3. The third-order valence-electron chi connectivity index (χ3n) is 4.90. The topological polar surface area (TPSA) is 84.0 Å². The lowest BCUT2D eigenvalue weighted by molar-refractivity contribution is -0.134. The number of esters is 1. The summed E-state index contributed by atoms with van der Waals surface area (Å²) in [5.74, 6) is -0.570. The van der Waals surface area contributed by atoms with Crippen LogP contribution in [-0.4, -0.2) is 57.7 Å². The van der Waals surface area contributed by atoms with E-state index >= 15 is 0 Å².